The summed E-state index contributed by atoms with van der Waals surface area (Å²) in [4.78, 5) is 4.12. The summed E-state index contributed by atoms with van der Waals surface area (Å²) in [5.74, 6) is 0.237. The first-order chi connectivity index (χ1) is 10.6. The number of hydrogen-bond donors (Lipinski definition) is 3. The van der Waals surface area contributed by atoms with Gasteiger partial charge in [0.15, 0.2) is 0 Å². The molecule has 0 unspecified atom stereocenters. The maximum absolute atomic E-state index is 9.15. The summed E-state index contributed by atoms with van der Waals surface area (Å²) in [6.07, 6.45) is 3.13. The highest BCUT2D eigenvalue weighted by atomic mass is 15.4. The van der Waals surface area contributed by atoms with Crippen molar-refractivity contribution in [1.82, 2.24) is 15.8 Å². The molecule has 110 valence electrons. The largest absolute Gasteiger partial charge is 0.306 e. The summed E-state index contributed by atoms with van der Waals surface area (Å²) in [7, 11) is 0. The highest BCUT2D eigenvalue weighted by Gasteiger charge is 2.03. The molecule has 2 rings (SSSR count). The average Bonchev–Trinajstić information content (AvgIpc) is 2.51. The number of benzene rings is 1. The van der Waals surface area contributed by atoms with Crippen LogP contribution < -0.4 is 10.9 Å². The highest BCUT2D eigenvalue weighted by molar-refractivity contribution is 5.96. The van der Waals surface area contributed by atoms with Gasteiger partial charge in [-0.05, 0) is 38.1 Å². The lowest BCUT2D eigenvalue weighted by molar-refractivity contribution is 0.816. The van der Waals surface area contributed by atoms with Crippen LogP contribution in [0.15, 0.2) is 48.8 Å². The molecule has 0 radical (unpaired) electrons. The van der Waals surface area contributed by atoms with E-state index in [4.69, 9.17) is 10.7 Å². The molecule has 1 aromatic heterocycles. The predicted molar refractivity (Wildman–Crippen MR) is 86.8 cm³/mol. The third kappa shape index (κ3) is 3.93. The Hall–Kier alpha value is -3.13. The third-order valence-corrected chi connectivity index (χ3v) is 2.99. The van der Waals surface area contributed by atoms with Gasteiger partial charge in [0.2, 0.25) is 0 Å². The van der Waals surface area contributed by atoms with E-state index < -0.39 is 0 Å². The highest BCUT2D eigenvalue weighted by Crippen LogP contribution is 2.09. The van der Waals surface area contributed by atoms with Gasteiger partial charge < -0.3 is 5.43 Å². The monoisotopic (exact) mass is 291 g/mol. The van der Waals surface area contributed by atoms with E-state index in [9.17, 15) is 0 Å². The molecule has 3 N–H and O–H groups in total. The van der Waals surface area contributed by atoms with Crippen molar-refractivity contribution in [2.75, 3.05) is 0 Å². The Balaban J connectivity index is 2.05. The van der Waals surface area contributed by atoms with Crippen molar-refractivity contribution in [1.29, 1.82) is 10.7 Å². The minimum Gasteiger partial charge on any atom is -0.306 e. The van der Waals surface area contributed by atoms with Gasteiger partial charge in [-0.15, -0.1) is 0 Å². The zero-order valence-corrected chi connectivity index (χ0v) is 12.5. The standard InChI is InChI=1S/C17H17N5/c1-12-7-13(2)9-14(8-12)17(19)22-21-11-15(10-18)16-5-3-4-6-20-16/h3-9,11,21H,1-2H3,(H2,19,22). The Kier molecular flexibility index (Phi) is 4.89. The minimum atomic E-state index is 0.237. The van der Waals surface area contributed by atoms with Gasteiger partial charge >= 0.3 is 0 Å². The van der Waals surface area contributed by atoms with Gasteiger partial charge in [-0.1, -0.05) is 23.3 Å². The molecular weight excluding hydrogens is 274 g/mol. The molecule has 1 heterocycles. The Bertz CT molecular complexity index is 721. The maximum atomic E-state index is 9.15. The molecule has 0 aliphatic carbocycles. The van der Waals surface area contributed by atoms with Crippen molar-refractivity contribution in [3.63, 3.8) is 0 Å². The molecule has 0 atom stereocenters. The van der Waals surface area contributed by atoms with Crippen molar-refractivity contribution in [2.24, 2.45) is 0 Å². The molecule has 0 aliphatic rings. The molecular formula is C17H17N5. The van der Waals surface area contributed by atoms with Crippen molar-refractivity contribution in [3.05, 3.63) is 71.2 Å². The SMILES string of the molecule is Cc1cc(C)cc(C(=N)NNC=C(C#N)c2ccccn2)c1. The lowest BCUT2D eigenvalue weighted by Crippen LogP contribution is -2.33. The van der Waals surface area contributed by atoms with E-state index in [0.29, 0.717) is 11.3 Å². The number of aryl methyl sites for hydroxylation is 2. The first-order valence-corrected chi connectivity index (χ1v) is 6.80. The number of amidine groups is 1. The molecule has 22 heavy (non-hydrogen) atoms. The fourth-order valence-electron chi connectivity index (χ4n) is 2.06. The molecule has 1 aromatic carbocycles. The van der Waals surface area contributed by atoms with Crippen molar-refractivity contribution >= 4 is 11.4 Å². The Morgan fingerprint density at radius 3 is 2.55 bits per heavy atom. The molecule has 0 spiro atoms. The van der Waals surface area contributed by atoms with Crippen molar-refractivity contribution in [3.8, 4) is 6.07 Å². The predicted octanol–water partition coefficient (Wildman–Crippen LogP) is 2.68. The van der Waals surface area contributed by atoms with Gasteiger partial charge in [0.25, 0.3) is 0 Å². The van der Waals surface area contributed by atoms with Crippen LogP contribution in [-0.2, 0) is 0 Å². The second-order valence-electron chi connectivity index (χ2n) is 4.91. The maximum Gasteiger partial charge on any atom is 0.144 e. The van der Waals surface area contributed by atoms with E-state index >= 15 is 0 Å². The van der Waals surface area contributed by atoms with E-state index in [1.165, 1.54) is 6.20 Å². The van der Waals surface area contributed by atoms with Crippen molar-refractivity contribution in [2.45, 2.75) is 13.8 Å². The number of rotatable bonds is 4. The molecule has 5 heteroatoms. The smallest absolute Gasteiger partial charge is 0.144 e. The Labute approximate surface area is 129 Å². The summed E-state index contributed by atoms with van der Waals surface area (Å²) >= 11 is 0. The van der Waals surface area contributed by atoms with E-state index in [2.05, 4.69) is 28.0 Å². The third-order valence-electron chi connectivity index (χ3n) is 2.99. The van der Waals surface area contributed by atoms with Crippen LogP contribution in [0.25, 0.3) is 5.57 Å². The molecule has 2 aromatic rings. The second-order valence-corrected chi connectivity index (χ2v) is 4.91. The van der Waals surface area contributed by atoms with Crippen LogP contribution in [0.4, 0.5) is 0 Å². The summed E-state index contributed by atoms with van der Waals surface area (Å²) in [5.41, 5.74) is 9.50. The zero-order valence-electron chi connectivity index (χ0n) is 12.5. The van der Waals surface area contributed by atoms with Gasteiger partial charge in [-0.2, -0.15) is 5.26 Å². The molecule has 0 fully saturated rings. The topological polar surface area (TPSA) is 84.6 Å². The van der Waals surface area contributed by atoms with Gasteiger partial charge in [-0.25, -0.2) is 0 Å². The Morgan fingerprint density at radius 1 is 1.23 bits per heavy atom. The van der Waals surface area contributed by atoms with Crippen LogP contribution in [0, 0.1) is 30.6 Å². The number of hydrogen-bond acceptors (Lipinski definition) is 4. The minimum absolute atomic E-state index is 0.237. The lowest BCUT2D eigenvalue weighted by Gasteiger charge is -2.09. The van der Waals surface area contributed by atoms with E-state index in [1.54, 1.807) is 18.3 Å². The van der Waals surface area contributed by atoms with Crippen LogP contribution in [0.2, 0.25) is 0 Å². The molecule has 0 aliphatic heterocycles. The average molecular weight is 291 g/mol. The first kappa shape index (κ1) is 15.3. The van der Waals surface area contributed by atoms with Gasteiger partial charge in [0, 0.05) is 18.0 Å². The molecule has 0 amide bonds. The summed E-state index contributed by atoms with van der Waals surface area (Å²) in [6.45, 7) is 3.98. The molecule has 5 nitrogen and oxygen atoms in total. The normalized spacial score (nSPS) is 10.7. The van der Waals surface area contributed by atoms with Crippen LogP contribution in [0.1, 0.15) is 22.4 Å². The number of nitrogens with one attached hydrogen (secondary N) is 3. The number of nitrogens with zero attached hydrogens (tertiary/aromatic N) is 2. The quantitative estimate of drug-likeness (QED) is 0.350. The van der Waals surface area contributed by atoms with Crippen LogP contribution in [0.3, 0.4) is 0 Å². The van der Waals surface area contributed by atoms with Crippen molar-refractivity contribution < 1.29 is 0 Å². The second kappa shape index (κ2) is 7.04. The number of aromatic nitrogens is 1. The fourth-order valence-corrected chi connectivity index (χ4v) is 2.06. The zero-order chi connectivity index (χ0) is 15.9. The number of allylic oxidation sites excluding steroid dienone is 1. The van der Waals surface area contributed by atoms with E-state index in [1.807, 2.05) is 32.0 Å². The first-order valence-electron chi connectivity index (χ1n) is 6.80. The number of nitriles is 1. The Morgan fingerprint density at radius 2 is 1.95 bits per heavy atom. The molecule has 0 saturated carbocycles. The summed E-state index contributed by atoms with van der Waals surface area (Å²) in [6, 6.07) is 13.4. The molecule has 0 saturated heterocycles. The lowest BCUT2D eigenvalue weighted by atomic mass is 10.1. The van der Waals surface area contributed by atoms with Gasteiger partial charge in [0.05, 0.1) is 11.3 Å². The fraction of sp³-hybridized carbons (Fsp3) is 0.118. The van der Waals surface area contributed by atoms with E-state index in [0.717, 1.165) is 16.7 Å². The van der Waals surface area contributed by atoms with Crippen LogP contribution >= 0.6 is 0 Å². The van der Waals surface area contributed by atoms with Crippen LogP contribution in [-0.4, -0.2) is 10.8 Å². The number of hydrazine groups is 1. The van der Waals surface area contributed by atoms with E-state index in [-0.39, 0.29) is 5.84 Å². The van der Waals surface area contributed by atoms with Gasteiger partial charge in [-0.3, -0.25) is 15.8 Å². The summed E-state index contributed by atoms with van der Waals surface area (Å²) < 4.78 is 0. The molecule has 0 bridgehead atoms. The van der Waals surface area contributed by atoms with Gasteiger partial charge in [0.1, 0.15) is 11.9 Å². The number of pyridine rings is 1. The summed E-state index contributed by atoms with van der Waals surface area (Å²) in [5, 5.41) is 17.2. The van der Waals surface area contributed by atoms with Crippen LogP contribution in [0.5, 0.6) is 0 Å².